The number of ether oxygens (including phenoxy) is 1. The number of halogens is 3. The van der Waals surface area contributed by atoms with E-state index in [9.17, 15) is 23.3 Å². The van der Waals surface area contributed by atoms with Crippen LogP contribution < -0.4 is 4.74 Å². The van der Waals surface area contributed by atoms with Crippen LogP contribution in [0.2, 0.25) is 0 Å². The molecule has 0 aromatic heterocycles. The van der Waals surface area contributed by atoms with Gasteiger partial charge in [-0.2, -0.15) is 8.78 Å². The average Bonchev–Trinajstić information content (AvgIpc) is 2.45. The molecule has 2 aromatic carbocycles. The number of hydrogen-bond acceptors (Lipinski definition) is 4. The zero-order chi connectivity index (χ0) is 16.1. The minimum atomic E-state index is -3.08. The molecule has 0 unspecified atom stereocenters. The van der Waals surface area contributed by atoms with Crippen LogP contribution in [0.25, 0.3) is 0 Å². The molecule has 0 heterocycles. The molecule has 0 radical (unpaired) electrons. The second-order valence-electron chi connectivity index (χ2n) is 4.10. The van der Waals surface area contributed by atoms with Crippen LogP contribution in [-0.4, -0.2) is 17.7 Å². The number of aliphatic imine (C=N–C) groups is 1. The molecule has 2 aromatic rings. The molecule has 0 aliphatic carbocycles. The summed E-state index contributed by atoms with van der Waals surface area (Å²) in [6.45, 7) is -3.08. The average molecular weight is 310 g/mol. The molecule has 5 nitrogen and oxygen atoms in total. The van der Waals surface area contributed by atoms with Gasteiger partial charge in [-0.05, 0) is 24.3 Å². The topological polar surface area (TPSA) is 64.7 Å². The summed E-state index contributed by atoms with van der Waals surface area (Å²) in [6.07, 6.45) is 1.10. The first-order valence-corrected chi connectivity index (χ1v) is 5.98. The van der Waals surface area contributed by atoms with Crippen LogP contribution in [0.5, 0.6) is 5.75 Å². The van der Waals surface area contributed by atoms with Crippen molar-refractivity contribution in [1.29, 1.82) is 0 Å². The molecule has 0 spiro atoms. The van der Waals surface area contributed by atoms with Gasteiger partial charge in [0.05, 0.1) is 10.6 Å². The molecular weight excluding hydrogens is 301 g/mol. The summed E-state index contributed by atoms with van der Waals surface area (Å²) in [5, 5.41) is 10.7. The highest BCUT2D eigenvalue weighted by Crippen LogP contribution is 2.25. The SMILES string of the molecule is O=[N+]([O-])c1ccc(OC(F)F)c(C=Nc2cccc(F)c2)c1. The van der Waals surface area contributed by atoms with Gasteiger partial charge < -0.3 is 4.74 Å². The number of hydrogen-bond donors (Lipinski definition) is 0. The summed E-state index contributed by atoms with van der Waals surface area (Å²) < 4.78 is 41.9. The van der Waals surface area contributed by atoms with E-state index in [0.29, 0.717) is 0 Å². The van der Waals surface area contributed by atoms with E-state index < -0.39 is 17.4 Å². The summed E-state index contributed by atoms with van der Waals surface area (Å²) in [4.78, 5) is 13.9. The molecule has 2 rings (SSSR count). The highest BCUT2D eigenvalue weighted by Gasteiger charge is 2.13. The van der Waals surface area contributed by atoms with E-state index in [1.165, 1.54) is 18.2 Å². The lowest BCUT2D eigenvalue weighted by Crippen LogP contribution is -2.04. The standard InChI is InChI=1S/C14H9F3N2O3/c15-10-2-1-3-11(7-10)18-8-9-6-12(19(20)21)4-5-13(9)22-14(16)17/h1-8,14H. The van der Waals surface area contributed by atoms with E-state index in [1.807, 2.05) is 0 Å². The summed E-state index contributed by atoms with van der Waals surface area (Å²) in [5.41, 5.74) is -0.0874. The first kappa shape index (κ1) is 15.5. The molecule has 0 bridgehead atoms. The number of alkyl halides is 2. The third-order valence-electron chi connectivity index (χ3n) is 2.58. The maximum Gasteiger partial charge on any atom is 0.387 e. The smallest absolute Gasteiger partial charge is 0.387 e. The highest BCUT2D eigenvalue weighted by atomic mass is 19.3. The lowest BCUT2D eigenvalue weighted by Gasteiger charge is -2.07. The largest absolute Gasteiger partial charge is 0.434 e. The van der Waals surface area contributed by atoms with E-state index in [0.717, 1.165) is 30.5 Å². The van der Waals surface area contributed by atoms with Crippen LogP contribution in [0.3, 0.4) is 0 Å². The Kier molecular flexibility index (Phi) is 4.72. The Bertz CT molecular complexity index is 720. The Morgan fingerprint density at radius 1 is 1.23 bits per heavy atom. The molecule has 0 aliphatic heterocycles. The van der Waals surface area contributed by atoms with Crippen molar-refractivity contribution in [3.63, 3.8) is 0 Å². The van der Waals surface area contributed by atoms with Crippen LogP contribution in [0.1, 0.15) is 5.56 Å². The van der Waals surface area contributed by atoms with Gasteiger partial charge in [-0.1, -0.05) is 6.07 Å². The van der Waals surface area contributed by atoms with Gasteiger partial charge in [-0.25, -0.2) is 4.39 Å². The number of nitro groups is 1. The van der Waals surface area contributed by atoms with E-state index >= 15 is 0 Å². The van der Waals surface area contributed by atoms with E-state index in [2.05, 4.69) is 9.73 Å². The molecule has 114 valence electrons. The fourth-order valence-electron chi connectivity index (χ4n) is 1.65. The lowest BCUT2D eigenvalue weighted by molar-refractivity contribution is -0.384. The third kappa shape index (κ3) is 4.05. The molecule has 0 fully saturated rings. The van der Waals surface area contributed by atoms with Crippen molar-refractivity contribution in [2.75, 3.05) is 0 Å². The molecular formula is C14H9F3N2O3. The zero-order valence-corrected chi connectivity index (χ0v) is 10.9. The van der Waals surface area contributed by atoms with Crippen molar-refractivity contribution < 1.29 is 22.8 Å². The minimum absolute atomic E-state index is 0.0150. The first-order valence-electron chi connectivity index (χ1n) is 5.98. The van der Waals surface area contributed by atoms with Crippen molar-refractivity contribution in [2.45, 2.75) is 6.61 Å². The van der Waals surface area contributed by atoms with Crippen LogP contribution in [0, 0.1) is 15.9 Å². The Hall–Kier alpha value is -2.90. The molecule has 0 saturated heterocycles. The van der Waals surface area contributed by atoms with Crippen molar-refractivity contribution in [3.8, 4) is 5.75 Å². The van der Waals surface area contributed by atoms with Gasteiger partial charge >= 0.3 is 6.61 Å². The quantitative estimate of drug-likeness (QED) is 0.475. The third-order valence-corrected chi connectivity index (χ3v) is 2.58. The fourth-order valence-corrected chi connectivity index (χ4v) is 1.65. The second kappa shape index (κ2) is 6.70. The van der Waals surface area contributed by atoms with Gasteiger partial charge in [0.15, 0.2) is 0 Å². The van der Waals surface area contributed by atoms with Crippen molar-refractivity contribution in [1.82, 2.24) is 0 Å². The van der Waals surface area contributed by atoms with Gasteiger partial charge in [-0.3, -0.25) is 15.1 Å². The summed E-state index contributed by atoms with van der Waals surface area (Å²) in [6, 6.07) is 8.39. The number of nitrogens with zero attached hydrogens (tertiary/aromatic N) is 2. The van der Waals surface area contributed by atoms with Gasteiger partial charge in [0.25, 0.3) is 5.69 Å². The van der Waals surface area contributed by atoms with Crippen molar-refractivity contribution in [3.05, 3.63) is 64.0 Å². The first-order chi connectivity index (χ1) is 10.5. The number of rotatable bonds is 5. The lowest BCUT2D eigenvalue weighted by atomic mass is 10.2. The van der Waals surface area contributed by atoms with Crippen LogP contribution in [-0.2, 0) is 0 Å². The predicted octanol–water partition coefficient (Wildman–Crippen LogP) is 4.09. The second-order valence-corrected chi connectivity index (χ2v) is 4.10. The Balaban J connectivity index is 2.37. The van der Waals surface area contributed by atoms with Crippen LogP contribution in [0.15, 0.2) is 47.5 Å². The molecule has 0 amide bonds. The molecule has 0 aliphatic rings. The summed E-state index contributed by atoms with van der Waals surface area (Å²) >= 11 is 0. The number of nitro benzene ring substituents is 1. The Morgan fingerprint density at radius 2 is 2.00 bits per heavy atom. The maximum absolute atomic E-state index is 13.0. The normalized spacial score (nSPS) is 11.1. The van der Waals surface area contributed by atoms with Gasteiger partial charge in [0.2, 0.25) is 0 Å². The maximum atomic E-state index is 13.0. The van der Waals surface area contributed by atoms with E-state index in [1.54, 1.807) is 0 Å². The van der Waals surface area contributed by atoms with Crippen LogP contribution in [0.4, 0.5) is 24.5 Å². The summed E-state index contributed by atoms with van der Waals surface area (Å²) in [7, 11) is 0. The molecule has 22 heavy (non-hydrogen) atoms. The number of non-ortho nitro benzene ring substituents is 1. The van der Waals surface area contributed by atoms with E-state index in [4.69, 9.17) is 0 Å². The zero-order valence-electron chi connectivity index (χ0n) is 10.9. The van der Waals surface area contributed by atoms with Crippen molar-refractivity contribution in [2.24, 2.45) is 4.99 Å². The van der Waals surface area contributed by atoms with Gasteiger partial charge in [0, 0.05) is 23.9 Å². The van der Waals surface area contributed by atoms with E-state index in [-0.39, 0.29) is 22.7 Å². The van der Waals surface area contributed by atoms with Gasteiger partial charge in [0.1, 0.15) is 11.6 Å². The molecule has 0 atom stereocenters. The highest BCUT2D eigenvalue weighted by molar-refractivity contribution is 5.86. The van der Waals surface area contributed by atoms with Crippen LogP contribution >= 0.6 is 0 Å². The molecule has 0 saturated carbocycles. The number of benzene rings is 2. The fraction of sp³-hybridized carbons (Fsp3) is 0.0714. The Labute approximate surface area is 122 Å². The minimum Gasteiger partial charge on any atom is -0.434 e. The monoisotopic (exact) mass is 310 g/mol. The Morgan fingerprint density at radius 3 is 2.64 bits per heavy atom. The summed E-state index contributed by atoms with van der Waals surface area (Å²) in [5.74, 6) is -0.779. The molecule has 8 heteroatoms. The van der Waals surface area contributed by atoms with Gasteiger partial charge in [-0.15, -0.1) is 0 Å². The van der Waals surface area contributed by atoms with Crippen molar-refractivity contribution >= 4 is 17.6 Å². The molecule has 0 N–H and O–H groups in total. The predicted molar refractivity (Wildman–Crippen MR) is 73.4 cm³/mol.